The molecule has 2 heteroatoms. The SMILES string of the molecule is C1=CC2C3C(C4CCC5OC6CCCCC6C5C4)CCC[C@@H]3N(C3CCC4C5CCCCC5C5CCCCC5C4C3)C2CC1. The summed E-state index contributed by atoms with van der Waals surface area (Å²) < 4.78 is 6.77. The minimum absolute atomic E-state index is 0.624. The molecule has 2 saturated heterocycles. The van der Waals surface area contributed by atoms with Gasteiger partial charge in [0.25, 0.3) is 0 Å². The smallest absolute Gasteiger partial charge is 0.0611 e. The fourth-order valence-electron chi connectivity index (χ4n) is 16.3. The third kappa shape index (κ3) is 4.50. The molecule has 10 rings (SSSR count). The van der Waals surface area contributed by atoms with Gasteiger partial charge in [0.1, 0.15) is 0 Å². The fraction of sp³-hybridized carbons (Fsp3) is 0.952. The maximum atomic E-state index is 6.77. The molecule has 2 heterocycles. The van der Waals surface area contributed by atoms with Crippen LogP contribution in [0.2, 0.25) is 0 Å². The van der Waals surface area contributed by atoms with Gasteiger partial charge in [0.15, 0.2) is 0 Å². The molecule has 0 N–H and O–H groups in total. The van der Waals surface area contributed by atoms with Gasteiger partial charge < -0.3 is 4.74 Å². The molecule has 0 radical (unpaired) electrons. The molecule has 0 amide bonds. The predicted molar refractivity (Wildman–Crippen MR) is 179 cm³/mol. The topological polar surface area (TPSA) is 12.5 Å². The van der Waals surface area contributed by atoms with Gasteiger partial charge in [-0.2, -0.15) is 0 Å². The average molecular weight is 600 g/mol. The van der Waals surface area contributed by atoms with E-state index >= 15 is 0 Å². The number of hydrogen-bond donors (Lipinski definition) is 0. The summed E-state index contributed by atoms with van der Waals surface area (Å²) in [7, 11) is 0. The lowest BCUT2D eigenvalue weighted by Gasteiger charge is -2.59. The van der Waals surface area contributed by atoms with Crippen molar-refractivity contribution in [1.82, 2.24) is 4.90 Å². The van der Waals surface area contributed by atoms with Crippen molar-refractivity contribution in [3.8, 4) is 0 Å². The van der Waals surface area contributed by atoms with Gasteiger partial charge in [-0.05, 0) is 174 Å². The summed E-state index contributed by atoms with van der Waals surface area (Å²) in [4.78, 5) is 3.35. The summed E-state index contributed by atoms with van der Waals surface area (Å²) in [6.45, 7) is 0. The fourth-order valence-corrected chi connectivity index (χ4v) is 16.3. The highest BCUT2D eigenvalue weighted by atomic mass is 16.5. The number of nitrogens with zero attached hydrogens (tertiary/aromatic N) is 1. The molecule has 0 spiro atoms. The standard InChI is InChI=1S/C42H65NO/c1-2-12-31-29(10-1)30-11-3-4-13-32(30)36-25-27(21-22-33(31)36)43-38-17-7-5-15-35(38)42-28(16-9-18-39(42)43)26-20-23-41-37(24-26)34-14-6-8-19-40(34)44-41/h5,15,26-42H,1-4,6-14,16-25H2/t26?,27?,28?,29?,30?,31?,32?,33?,34?,35?,36?,37?,38?,39-,40?,41?,42?/m0/s1. The molecule has 44 heavy (non-hydrogen) atoms. The van der Waals surface area contributed by atoms with E-state index in [-0.39, 0.29) is 0 Å². The number of hydrogen-bond acceptors (Lipinski definition) is 2. The molecular weight excluding hydrogens is 534 g/mol. The molecule has 8 aliphatic carbocycles. The summed E-state index contributed by atoms with van der Waals surface area (Å²) in [6, 6.07) is 2.69. The zero-order valence-corrected chi connectivity index (χ0v) is 28.1. The zero-order valence-electron chi connectivity index (χ0n) is 28.1. The van der Waals surface area contributed by atoms with Gasteiger partial charge in [0.05, 0.1) is 12.2 Å². The Labute approximate surface area is 270 Å². The zero-order chi connectivity index (χ0) is 28.8. The lowest BCUT2D eigenvalue weighted by Crippen LogP contribution is -2.55. The van der Waals surface area contributed by atoms with Crippen molar-refractivity contribution >= 4 is 0 Å². The monoisotopic (exact) mass is 600 g/mol. The minimum atomic E-state index is 0.624. The highest BCUT2D eigenvalue weighted by Gasteiger charge is 2.59. The molecule has 10 aliphatic rings. The van der Waals surface area contributed by atoms with Crippen LogP contribution in [0.4, 0.5) is 0 Å². The first-order valence-electron chi connectivity index (χ1n) is 20.9. The van der Waals surface area contributed by atoms with E-state index < -0.39 is 0 Å². The Morgan fingerprint density at radius 3 is 1.91 bits per heavy atom. The van der Waals surface area contributed by atoms with Crippen molar-refractivity contribution in [3.63, 3.8) is 0 Å². The van der Waals surface area contributed by atoms with Crippen molar-refractivity contribution in [3.05, 3.63) is 12.2 Å². The lowest BCUT2D eigenvalue weighted by atomic mass is 9.48. The van der Waals surface area contributed by atoms with Gasteiger partial charge in [-0.1, -0.05) is 57.1 Å². The van der Waals surface area contributed by atoms with Crippen molar-refractivity contribution in [1.29, 1.82) is 0 Å². The highest BCUT2D eigenvalue weighted by Crippen LogP contribution is 2.62. The maximum Gasteiger partial charge on any atom is 0.0611 e. The Morgan fingerprint density at radius 1 is 0.455 bits per heavy atom. The molecule has 16 unspecified atom stereocenters. The molecule has 0 aromatic carbocycles. The Kier molecular flexibility index (Phi) is 7.60. The van der Waals surface area contributed by atoms with E-state index in [1.807, 2.05) is 0 Å². The molecule has 0 aromatic heterocycles. The Morgan fingerprint density at radius 2 is 1.11 bits per heavy atom. The van der Waals surface area contributed by atoms with Crippen molar-refractivity contribution in [2.24, 2.45) is 71.0 Å². The van der Waals surface area contributed by atoms with Crippen LogP contribution in [0.5, 0.6) is 0 Å². The van der Waals surface area contributed by atoms with E-state index in [0.717, 1.165) is 89.1 Å². The Bertz CT molecular complexity index is 1050. The van der Waals surface area contributed by atoms with Gasteiger partial charge in [0.2, 0.25) is 0 Å². The first kappa shape index (κ1) is 28.7. The largest absolute Gasteiger partial charge is 0.374 e. The van der Waals surface area contributed by atoms with Gasteiger partial charge in [-0.25, -0.2) is 0 Å². The van der Waals surface area contributed by atoms with Crippen LogP contribution >= 0.6 is 0 Å². The van der Waals surface area contributed by atoms with Gasteiger partial charge >= 0.3 is 0 Å². The van der Waals surface area contributed by atoms with E-state index in [0.29, 0.717) is 12.2 Å². The van der Waals surface area contributed by atoms with Crippen LogP contribution in [0, 0.1) is 71.0 Å². The van der Waals surface area contributed by atoms with Gasteiger partial charge in [0, 0.05) is 18.1 Å². The molecule has 7 saturated carbocycles. The quantitative estimate of drug-likeness (QED) is 0.293. The Hall–Kier alpha value is -0.340. The molecule has 0 aromatic rings. The average Bonchev–Trinajstić information content (AvgIpc) is 3.64. The van der Waals surface area contributed by atoms with Crippen LogP contribution in [-0.2, 0) is 4.74 Å². The van der Waals surface area contributed by atoms with E-state index in [1.165, 1.54) is 70.6 Å². The van der Waals surface area contributed by atoms with E-state index in [2.05, 4.69) is 17.1 Å². The summed E-state index contributed by atoms with van der Waals surface area (Å²) in [5.41, 5.74) is 0. The normalized spacial score (nSPS) is 56.8. The van der Waals surface area contributed by atoms with Crippen molar-refractivity contribution in [2.75, 3.05) is 0 Å². The lowest BCUT2D eigenvalue weighted by molar-refractivity contribution is -0.0986. The maximum absolute atomic E-state index is 6.77. The number of ether oxygens (including phenoxy) is 1. The predicted octanol–water partition coefficient (Wildman–Crippen LogP) is 10.2. The molecule has 244 valence electrons. The van der Waals surface area contributed by atoms with Crippen LogP contribution in [0.1, 0.15) is 148 Å². The molecular formula is C42H65NO. The molecule has 9 fully saturated rings. The highest BCUT2D eigenvalue weighted by molar-refractivity contribution is 5.16. The second-order valence-corrected chi connectivity index (χ2v) is 18.8. The molecule has 2 aliphatic heterocycles. The minimum Gasteiger partial charge on any atom is -0.374 e. The van der Waals surface area contributed by atoms with Crippen molar-refractivity contribution < 1.29 is 4.74 Å². The second-order valence-electron chi connectivity index (χ2n) is 18.8. The third-order valence-electron chi connectivity index (χ3n) is 17.5. The van der Waals surface area contributed by atoms with Crippen molar-refractivity contribution in [2.45, 2.75) is 178 Å². The van der Waals surface area contributed by atoms with E-state index in [1.54, 1.807) is 77.0 Å². The van der Waals surface area contributed by atoms with Crippen LogP contribution < -0.4 is 0 Å². The van der Waals surface area contributed by atoms with Crippen LogP contribution in [0.15, 0.2) is 12.2 Å². The van der Waals surface area contributed by atoms with Crippen LogP contribution in [-0.4, -0.2) is 35.2 Å². The second kappa shape index (κ2) is 11.7. The number of allylic oxidation sites excluding steroid dienone is 1. The van der Waals surface area contributed by atoms with Gasteiger partial charge in [-0.3, -0.25) is 4.90 Å². The third-order valence-corrected chi connectivity index (χ3v) is 17.5. The van der Waals surface area contributed by atoms with E-state index in [4.69, 9.17) is 4.74 Å². The van der Waals surface area contributed by atoms with E-state index in [9.17, 15) is 0 Å². The molecule has 0 bridgehead atoms. The number of likely N-dealkylation sites (tertiary alicyclic amines) is 1. The number of rotatable bonds is 2. The summed E-state index contributed by atoms with van der Waals surface area (Å²) in [5.74, 6) is 12.3. The van der Waals surface area contributed by atoms with Crippen LogP contribution in [0.3, 0.4) is 0 Å². The molecule has 17 atom stereocenters. The first-order chi connectivity index (χ1) is 21.8. The summed E-state index contributed by atoms with van der Waals surface area (Å²) in [5, 5.41) is 0. The van der Waals surface area contributed by atoms with Gasteiger partial charge in [-0.15, -0.1) is 0 Å². The first-order valence-corrected chi connectivity index (χ1v) is 20.9. The summed E-state index contributed by atoms with van der Waals surface area (Å²) in [6.07, 6.45) is 41.6. The van der Waals surface area contributed by atoms with Crippen LogP contribution in [0.25, 0.3) is 0 Å². The number of fused-ring (bicyclic) bond motifs is 12. The summed E-state index contributed by atoms with van der Waals surface area (Å²) >= 11 is 0. The molecule has 2 nitrogen and oxygen atoms in total. The Balaban J connectivity index is 0.913.